The summed E-state index contributed by atoms with van der Waals surface area (Å²) < 4.78 is -1.92. The van der Waals surface area contributed by atoms with E-state index >= 15 is 0 Å². The van der Waals surface area contributed by atoms with Gasteiger partial charge < -0.3 is 0 Å². The molecule has 1 aromatic rings. The molecule has 0 aliphatic carbocycles. The zero-order chi connectivity index (χ0) is 10.8. The van der Waals surface area contributed by atoms with Gasteiger partial charge in [0, 0.05) is 5.56 Å². The van der Waals surface area contributed by atoms with Crippen LogP contribution in [0.15, 0.2) is 30.8 Å². The summed E-state index contributed by atoms with van der Waals surface area (Å²) in [7, 11) is 0. The Balaban J connectivity index is 3.19. The molecule has 1 rings (SSSR count). The molecule has 0 N–H and O–H groups in total. The van der Waals surface area contributed by atoms with Gasteiger partial charge in [0.1, 0.15) is 0 Å². The first-order chi connectivity index (χ1) is 6.46. The van der Waals surface area contributed by atoms with E-state index in [2.05, 4.69) is 6.58 Å². The summed E-state index contributed by atoms with van der Waals surface area (Å²) in [4.78, 5) is 11.6. The highest BCUT2D eigenvalue weighted by atomic mass is 35.6. The molecule has 0 aromatic heterocycles. The number of Topliss-reactive ketones (excluding diaryl/α,β-unsaturated/α-hetero) is 1. The minimum absolute atomic E-state index is 0.363. The minimum Gasteiger partial charge on any atom is -0.289 e. The van der Waals surface area contributed by atoms with E-state index in [0.717, 1.165) is 0 Å². The Labute approximate surface area is 97.3 Å². The van der Waals surface area contributed by atoms with E-state index in [1.807, 2.05) is 0 Å². The molecule has 0 aliphatic rings. The molecule has 0 saturated carbocycles. The number of hydrogen-bond donors (Lipinski definition) is 0. The maximum atomic E-state index is 11.6. The predicted octanol–water partition coefficient (Wildman–Crippen LogP) is 3.88. The van der Waals surface area contributed by atoms with E-state index in [9.17, 15) is 4.79 Å². The lowest BCUT2D eigenvalue weighted by molar-refractivity contribution is 0.0996. The van der Waals surface area contributed by atoms with Crippen molar-refractivity contribution in [1.82, 2.24) is 0 Å². The Morgan fingerprint density at radius 1 is 1.29 bits per heavy atom. The molecule has 0 atom stereocenters. The summed E-state index contributed by atoms with van der Waals surface area (Å²) >= 11 is 16.5. The number of rotatable bonds is 2. The van der Waals surface area contributed by atoms with E-state index in [1.165, 1.54) is 0 Å². The predicted molar refractivity (Wildman–Crippen MR) is 61.2 cm³/mol. The van der Waals surface area contributed by atoms with Crippen molar-refractivity contribution in [2.75, 3.05) is 0 Å². The Morgan fingerprint density at radius 2 is 1.86 bits per heavy atom. The van der Waals surface area contributed by atoms with Crippen molar-refractivity contribution >= 4 is 46.7 Å². The molecule has 4 heteroatoms. The summed E-state index contributed by atoms with van der Waals surface area (Å²) in [6.45, 7) is 3.57. The molecule has 1 aromatic carbocycles. The van der Waals surface area contributed by atoms with Gasteiger partial charge in [0.05, 0.1) is 0 Å². The first-order valence-electron chi connectivity index (χ1n) is 3.80. The summed E-state index contributed by atoms with van der Waals surface area (Å²) in [5, 5.41) is 0. The van der Waals surface area contributed by atoms with Gasteiger partial charge in [-0.3, -0.25) is 4.79 Å². The molecule has 0 fully saturated rings. The smallest absolute Gasteiger partial charge is 0.253 e. The van der Waals surface area contributed by atoms with Crippen LogP contribution in [-0.2, 0) is 0 Å². The van der Waals surface area contributed by atoms with E-state index in [-0.39, 0.29) is 0 Å². The second-order valence-electron chi connectivity index (χ2n) is 2.62. The lowest BCUT2D eigenvalue weighted by atomic mass is 10.0. The van der Waals surface area contributed by atoms with Gasteiger partial charge in [0.25, 0.3) is 3.79 Å². The monoisotopic (exact) mass is 248 g/mol. The van der Waals surface area contributed by atoms with Crippen molar-refractivity contribution in [1.29, 1.82) is 0 Å². The van der Waals surface area contributed by atoms with Crippen molar-refractivity contribution in [2.45, 2.75) is 3.79 Å². The second-order valence-corrected chi connectivity index (χ2v) is 4.90. The molecule has 0 heterocycles. The summed E-state index contributed by atoms with van der Waals surface area (Å²) in [6.07, 6.45) is 1.55. The van der Waals surface area contributed by atoms with Crippen LogP contribution >= 0.6 is 34.8 Å². The van der Waals surface area contributed by atoms with E-state index in [1.54, 1.807) is 30.3 Å². The van der Waals surface area contributed by atoms with E-state index in [4.69, 9.17) is 34.8 Å². The molecular formula is C10H7Cl3O. The quantitative estimate of drug-likeness (QED) is 0.574. The van der Waals surface area contributed by atoms with Gasteiger partial charge >= 0.3 is 0 Å². The van der Waals surface area contributed by atoms with Crippen molar-refractivity contribution in [3.05, 3.63) is 42.0 Å². The minimum atomic E-state index is -1.92. The molecule has 0 radical (unpaired) electrons. The molecular weight excluding hydrogens is 242 g/mol. The molecule has 0 aliphatic heterocycles. The summed E-state index contributed by atoms with van der Waals surface area (Å²) in [5.74, 6) is -0.544. The van der Waals surface area contributed by atoms with Crippen molar-refractivity contribution < 1.29 is 4.79 Å². The van der Waals surface area contributed by atoms with Crippen LogP contribution in [0.3, 0.4) is 0 Å². The molecule has 0 amide bonds. The summed E-state index contributed by atoms with van der Waals surface area (Å²) in [6, 6.07) is 6.82. The molecule has 1 nitrogen and oxygen atoms in total. The summed E-state index contributed by atoms with van der Waals surface area (Å²) in [5.41, 5.74) is 1.02. The number of ketones is 1. The van der Waals surface area contributed by atoms with Crippen LogP contribution in [0.2, 0.25) is 0 Å². The third-order valence-electron chi connectivity index (χ3n) is 1.68. The fourth-order valence-corrected chi connectivity index (χ4v) is 1.34. The molecule has 0 unspecified atom stereocenters. The molecule has 0 saturated heterocycles. The van der Waals surface area contributed by atoms with Gasteiger partial charge in [-0.2, -0.15) is 0 Å². The average molecular weight is 250 g/mol. The fourth-order valence-electron chi connectivity index (χ4n) is 1.03. The van der Waals surface area contributed by atoms with Crippen molar-refractivity contribution in [3.8, 4) is 0 Å². The first kappa shape index (κ1) is 11.6. The van der Waals surface area contributed by atoms with E-state index < -0.39 is 9.58 Å². The van der Waals surface area contributed by atoms with Crippen LogP contribution < -0.4 is 0 Å². The Kier molecular flexibility index (Phi) is 3.59. The Hall–Kier alpha value is -0.500. The third kappa shape index (κ3) is 2.50. The van der Waals surface area contributed by atoms with Gasteiger partial charge in [-0.25, -0.2) is 0 Å². The maximum absolute atomic E-state index is 11.6. The van der Waals surface area contributed by atoms with Gasteiger partial charge in [0.2, 0.25) is 5.78 Å². The highest BCUT2D eigenvalue weighted by molar-refractivity contribution is 6.77. The van der Waals surface area contributed by atoms with Gasteiger partial charge in [-0.1, -0.05) is 71.7 Å². The SMILES string of the molecule is C=Cc1ccccc1C(=O)C(Cl)(Cl)Cl. The fraction of sp³-hybridized carbons (Fsp3) is 0.100. The lowest BCUT2D eigenvalue weighted by Crippen LogP contribution is -2.19. The molecule has 0 spiro atoms. The Bertz CT molecular complexity index is 366. The number of halogens is 3. The third-order valence-corrected chi connectivity index (χ3v) is 2.20. The molecule has 0 bridgehead atoms. The zero-order valence-electron chi connectivity index (χ0n) is 7.14. The number of carbonyl (C=O) groups excluding carboxylic acids is 1. The van der Waals surface area contributed by atoms with Crippen LogP contribution in [0.25, 0.3) is 6.08 Å². The van der Waals surface area contributed by atoms with Crippen LogP contribution in [0.1, 0.15) is 15.9 Å². The molecule has 14 heavy (non-hydrogen) atoms. The van der Waals surface area contributed by atoms with Gasteiger partial charge in [0.15, 0.2) is 0 Å². The largest absolute Gasteiger partial charge is 0.289 e. The van der Waals surface area contributed by atoms with Crippen molar-refractivity contribution in [2.24, 2.45) is 0 Å². The molecule has 74 valence electrons. The van der Waals surface area contributed by atoms with Crippen LogP contribution in [0.4, 0.5) is 0 Å². The number of benzene rings is 1. The van der Waals surface area contributed by atoms with Gasteiger partial charge in [-0.15, -0.1) is 0 Å². The highest BCUT2D eigenvalue weighted by Gasteiger charge is 2.32. The normalized spacial score (nSPS) is 11.1. The van der Waals surface area contributed by atoms with Crippen LogP contribution in [-0.4, -0.2) is 9.58 Å². The standard InChI is InChI=1S/C10H7Cl3O/c1-2-7-5-3-4-6-8(7)9(14)10(11,12)13/h2-6H,1H2. The van der Waals surface area contributed by atoms with Gasteiger partial charge in [-0.05, 0) is 5.56 Å². The topological polar surface area (TPSA) is 17.1 Å². The zero-order valence-corrected chi connectivity index (χ0v) is 9.40. The maximum Gasteiger partial charge on any atom is 0.253 e. The number of hydrogen-bond acceptors (Lipinski definition) is 1. The first-order valence-corrected chi connectivity index (χ1v) is 4.93. The van der Waals surface area contributed by atoms with Crippen molar-refractivity contribution in [3.63, 3.8) is 0 Å². The Morgan fingerprint density at radius 3 is 2.36 bits per heavy atom. The highest BCUT2D eigenvalue weighted by Crippen LogP contribution is 2.31. The number of alkyl halides is 3. The van der Waals surface area contributed by atoms with Crippen LogP contribution in [0, 0.1) is 0 Å². The number of carbonyl (C=O) groups is 1. The van der Waals surface area contributed by atoms with E-state index in [0.29, 0.717) is 11.1 Å². The second kappa shape index (κ2) is 4.35. The lowest BCUT2D eigenvalue weighted by Gasteiger charge is -2.11. The van der Waals surface area contributed by atoms with Crippen LogP contribution in [0.5, 0.6) is 0 Å². The average Bonchev–Trinajstić information content (AvgIpc) is 2.15.